The summed E-state index contributed by atoms with van der Waals surface area (Å²) >= 11 is 0. The van der Waals surface area contributed by atoms with Crippen LogP contribution >= 0.6 is 0 Å². The Kier molecular flexibility index (Phi) is 6.72. The molecule has 0 N–H and O–H groups in total. The molecule has 0 radical (unpaired) electrons. The summed E-state index contributed by atoms with van der Waals surface area (Å²) in [5, 5.41) is 11.1. The van der Waals surface area contributed by atoms with Crippen molar-refractivity contribution in [2.75, 3.05) is 19.7 Å². The molecule has 124 valence electrons. The number of benzene rings is 1. The van der Waals surface area contributed by atoms with Crippen LogP contribution in [0.2, 0.25) is 0 Å². The molecule has 0 saturated heterocycles. The van der Waals surface area contributed by atoms with Gasteiger partial charge in [-0.25, -0.2) is 9.59 Å². The molecule has 8 nitrogen and oxygen atoms in total. The van der Waals surface area contributed by atoms with E-state index in [-0.39, 0.29) is 24.5 Å². The van der Waals surface area contributed by atoms with Crippen LogP contribution in [0.1, 0.15) is 24.2 Å². The Morgan fingerprint density at radius 2 is 2.09 bits per heavy atom. The molecule has 1 amide bonds. The minimum Gasteiger partial charge on any atom is -0.462 e. The zero-order valence-electron chi connectivity index (χ0n) is 13.0. The van der Waals surface area contributed by atoms with E-state index in [2.05, 4.69) is 6.58 Å². The van der Waals surface area contributed by atoms with E-state index in [1.165, 1.54) is 23.1 Å². The summed E-state index contributed by atoms with van der Waals surface area (Å²) in [6.45, 7) is 7.49. The van der Waals surface area contributed by atoms with Gasteiger partial charge >= 0.3 is 12.1 Å². The van der Waals surface area contributed by atoms with E-state index in [0.717, 1.165) is 6.07 Å². The molecule has 0 spiro atoms. The molecule has 0 aliphatic rings. The van der Waals surface area contributed by atoms with Crippen molar-refractivity contribution >= 4 is 17.7 Å². The van der Waals surface area contributed by atoms with Gasteiger partial charge in [-0.3, -0.25) is 10.1 Å². The van der Waals surface area contributed by atoms with E-state index in [0.29, 0.717) is 6.54 Å². The highest BCUT2D eigenvalue weighted by atomic mass is 16.6. The second-order valence-electron chi connectivity index (χ2n) is 4.32. The van der Waals surface area contributed by atoms with Crippen LogP contribution in [0.5, 0.6) is 5.75 Å². The van der Waals surface area contributed by atoms with E-state index >= 15 is 0 Å². The number of hydrogen-bond acceptors (Lipinski definition) is 6. The highest BCUT2D eigenvalue weighted by Crippen LogP contribution is 2.29. The molecule has 8 heteroatoms. The molecule has 23 heavy (non-hydrogen) atoms. The third-order valence-electron chi connectivity index (χ3n) is 2.87. The smallest absolute Gasteiger partial charge is 0.415 e. The summed E-state index contributed by atoms with van der Waals surface area (Å²) in [4.78, 5) is 35.8. The van der Waals surface area contributed by atoms with Crippen LogP contribution in [-0.4, -0.2) is 41.6 Å². The molecule has 1 aromatic carbocycles. The quantitative estimate of drug-likeness (QED) is 0.331. The predicted molar refractivity (Wildman–Crippen MR) is 82.5 cm³/mol. The van der Waals surface area contributed by atoms with Crippen LogP contribution in [0.15, 0.2) is 30.9 Å². The molecule has 0 aromatic heterocycles. The van der Waals surface area contributed by atoms with Gasteiger partial charge in [-0.05, 0) is 19.9 Å². The molecular weight excluding hydrogens is 304 g/mol. The Morgan fingerprint density at radius 3 is 2.61 bits per heavy atom. The molecule has 0 fully saturated rings. The Balaban J connectivity index is 3.22. The average Bonchev–Trinajstić information content (AvgIpc) is 2.52. The largest absolute Gasteiger partial charge is 0.462 e. The molecule has 0 aliphatic carbocycles. The van der Waals surface area contributed by atoms with Crippen LogP contribution in [0.4, 0.5) is 10.5 Å². The summed E-state index contributed by atoms with van der Waals surface area (Å²) in [6.07, 6.45) is 0.781. The van der Waals surface area contributed by atoms with Gasteiger partial charge in [0.2, 0.25) is 0 Å². The van der Waals surface area contributed by atoms with Gasteiger partial charge in [0.05, 0.1) is 11.5 Å². The Bertz CT molecular complexity index is 614. The van der Waals surface area contributed by atoms with Gasteiger partial charge in [-0.1, -0.05) is 12.1 Å². The number of ether oxygens (including phenoxy) is 2. The highest BCUT2D eigenvalue weighted by Gasteiger charge is 2.28. The first-order valence-electron chi connectivity index (χ1n) is 6.98. The van der Waals surface area contributed by atoms with Gasteiger partial charge < -0.3 is 14.4 Å². The van der Waals surface area contributed by atoms with Crippen molar-refractivity contribution in [2.45, 2.75) is 13.8 Å². The summed E-state index contributed by atoms with van der Waals surface area (Å²) in [6, 6.07) is 3.77. The average molecular weight is 322 g/mol. The fourth-order valence-electron chi connectivity index (χ4n) is 1.81. The maximum absolute atomic E-state index is 12.1. The first kappa shape index (κ1) is 18.1. The fraction of sp³-hybridized carbons (Fsp3) is 0.333. The second kappa shape index (κ2) is 8.52. The van der Waals surface area contributed by atoms with Crippen molar-refractivity contribution in [3.05, 3.63) is 46.5 Å². The number of rotatable bonds is 7. The lowest BCUT2D eigenvalue weighted by Crippen LogP contribution is -2.33. The molecule has 0 atom stereocenters. The maximum Gasteiger partial charge on any atom is 0.415 e. The van der Waals surface area contributed by atoms with Crippen LogP contribution in [0.3, 0.4) is 0 Å². The number of amides is 1. The predicted octanol–water partition coefficient (Wildman–Crippen LogP) is 2.78. The molecule has 1 aromatic rings. The molecule has 0 bridgehead atoms. The number of carbonyl (C=O) groups excluding carboxylic acids is 2. The summed E-state index contributed by atoms with van der Waals surface area (Å²) in [5.74, 6) is -1.14. The maximum atomic E-state index is 12.1. The van der Waals surface area contributed by atoms with Crippen molar-refractivity contribution < 1.29 is 24.0 Å². The van der Waals surface area contributed by atoms with Gasteiger partial charge in [0.1, 0.15) is 0 Å². The van der Waals surface area contributed by atoms with Crippen LogP contribution in [0, 0.1) is 10.1 Å². The Labute approximate surface area is 133 Å². The zero-order valence-corrected chi connectivity index (χ0v) is 13.0. The van der Waals surface area contributed by atoms with Crippen molar-refractivity contribution in [2.24, 2.45) is 0 Å². The Morgan fingerprint density at radius 1 is 1.39 bits per heavy atom. The number of likely N-dealkylation sites (N-methyl/N-ethyl adjacent to an activating group) is 1. The van der Waals surface area contributed by atoms with Crippen molar-refractivity contribution in [1.29, 1.82) is 0 Å². The SMILES string of the molecule is C=CCN(CC)C(=O)Oc1cccc([N+](=O)[O-])c1C(=O)OCC. The number of hydrogen-bond donors (Lipinski definition) is 0. The minimum atomic E-state index is -0.922. The standard InChI is InChI=1S/C15H18N2O6/c1-4-10-16(5-2)15(19)23-12-9-7-8-11(17(20)21)13(12)14(18)22-6-3/h4,7-9H,1,5-6,10H2,2-3H3. The number of nitro groups is 1. The minimum absolute atomic E-state index is 0.0375. The normalized spacial score (nSPS) is 9.83. The van der Waals surface area contributed by atoms with Crippen molar-refractivity contribution in [3.63, 3.8) is 0 Å². The van der Waals surface area contributed by atoms with Crippen LogP contribution in [-0.2, 0) is 4.74 Å². The summed E-state index contributed by atoms with van der Waals surface area (Å²) in [5.41, 5.74) is -0.872. The third-order valence-corrected chi connectivity index (χ3v) is 2.87. The van der Waals surface area contributed by atoms with Gasteiger partial charge in [-0.2, -0.15) is 0 Å². The van der Waals surface area contributed by atoms with E-state index in [9.17, 15) is 19.7 Å². The van der Waals surface area contributed by atoms with Gasteiger partial charge in [-0.15, -0.1) is 6.58 Å². The molecule has 1 rings (SSSR count). The molecule has 0 aliphatic heterocycles. The van der Waals surface area contributed by atoms with Gasteiger partial charge in [0.15, 0.2) is 11.3 Å². The van der Waals surface area contributed by atoms with E-state index in [1.807, 2.05) is 0 Å². The number of nitrogens with zero attached hydrogens (tertiary/aromatic N) is 2. The first-order chi connectivity index (χ1) is 11.0. The molecular formula is C15H18N2O6. The third kappa shape index (κ3) is 4.53. The fourth-order valence-corrected chi connectivity index (χ4v) is 1.81. The van der Waals surface area contributed by atoms with E-state index < -0.39 is 22.7 Å². The van der Waals surface area contributed by atoms with Crippen molar-refractivity contribution in [1.82, 2.24) is 4.90 Å². The van der Waals surface area contributed by atoms with Gasteiger partial charge in [0.25, 0.3) is 5.69 Å². The lowest BCUT2D eigenvalue weighted by Gasteiger charge is -2.19. The van der Waals surface area contributed by atoms with Crippen LogP contribution < -0.4 is 4.74 Å². The Hall–Kier alpha value is -2.90. The molecule has 0 heterocycles. The van der Waals surface area contributed by atoms with Crippen LogP contribution in [0.25, 0.3) is 0 Å². The number of esters is 1. The number of nitro benzene ring substituents is 1. The van der Waals surface area contributed by atoms with E-state index in [4.69, 9.17) is 9.47 Å². The highest BCUT2D eigenvalue weighted by molar-refractivity contribution is 5.97. The van der Waals surface area contributed by atoms with Crippen molar-refractivity contribution in [3.8, 4) is 5.75 Å². The summed E-state index contributed by atoms with van der Waals surface area (Å²) < 4.78 is 9.95. The second-order valence-corrected chi connectivity index (χ2v) is 4.32. The molecule has 0 unspecified atom stereocenters. The summed E-state index contributed by atoms with van der Waals surface area (Å²) in [7, 11) is 0. The number of carbonyl (C=O) groups is 2. The van der Waals surface area contributed by atoms with E-state index in [1.54, 1.807) is 13.8 Å². The lowest BCUT2D eigenvalue weighted by atomic mass is 10.1. The zero-order chi connectivity index (χ0) is 17.4. The monoisotopic (exact) mass is 322 g/mol. The topological polar surface area (TPSA) is 99.0 Å². The lowest BCUT2D eigenvalue weighted by molar-refractivity contribution is -0.385. The van der Waals surface area contributed by atoms with Gasteiger partial charge in [0, 0.05) is 19.2 Å². The first-order valence-corrected chi connectivity index (χ1v) is 6.98. The molecule has 0 saturated carbocycles.